The number of hydrogen-bond donors (Lipinski definition) is 0. The van der Waals surface area contributed by atoms with Crippen molar-refractivity contribution in [1.29, 1.82) is 0 Å². The lowest BCUT2D eigenvalue weighted by molar-refractivity contribution is -0.124. The molecule has 0 aromatic heterocycles. The zero-order chi connectivity index (χ0) is 5.82. The van der Waals surface area contributed by atoms with E-state index in [0.717, 1.165) is 6.29 Å². The highest BCUT2D eigenvalue weighted by molar-refractivity contribution is 5.59. The summed E-state index contributed by atoms with van der Waals surface area (Å²) in [6, 6.07) is 0. The molecule has 1 aliphatic heterocycles. The molecule has 1 atom stereocenters. The minimum Gasteiger partial charge on any atom is -0.475 e. The average molecular weight is 114 g/mol. The summed E-state index contributed by atoms with van der Waals surface area (Å²) in [6.45, 7) is 0.180. The summed E-state index contributed by atoms with van der Waals surface area (Å²) in [4.78, 5) is 9.93. The molecular weight excluding hydrogens is 108 g/mol. The fourth-order valence-corrected chi connectivity index (χ4v) is 0.430. The normalized spacial score (nSPS) is 26.8. The van der Waals surface area contributed by atoms with E-state index in [2.05, 4.69) is 4.74 Å². The van der Waals surface area contributed by atoms with Crippen molar-refractivity contribution in [2.45, 2.75) is 6.10 Å². The third-order valence-electron chi connectivity index (χ3n) is 0.827. The molecule has 1 heterocycles. The third kappa shape index (κ3) is 1.07. The number of carbonyl (C=O) groups excluding carboxylic acids is 1. The Kier molecular flexibility index (Phi) is 1.64. The molecule has 0 N–H and O–H groups in total. The van der Waals surface area contributed by atoms with E-state index in [9.17, 15) is 4.79 Å². The molecule has 0 fully saturated rings. The number of aldehydes is 1. The molecule has 0 aromatic carbocycles. The van der Waals surface area contributed by atoms with Crippen molar-refractivity contribution in [3.63, 3.8) is 0 Å². The second-order valence-electron chi connectivity index (χ2n) is 1.38. The van der Waals surface area contributed by atoms with Crippen LogP contribution in [0.25, 0.3) is 0 Å². The van der Waals surface area contributed by atoms with Crippen LogP contribution in [0, 0.1) is 0 Å². The molecule has 0 amide bonds. The molecule has 44 valence electrons. The van der Waals surface area contributed by atoms with Gasteiger partial charge in [-0.1, -0.05) is 0 Å². The lowest BCUT2D eigenvalue weighted by Gasteiger charge is -2.11. The van der Waals surface area contributed by atoms with Crippen molar-refractivity contribution in [1.82, 2.24) is 0 Å². The molecule has 8 heavy (non-hydrogen) atoms. The molecule has 3 nitrogen and oxygen atoms in total. The van der Waals surface area contributed by atoms with Gasteiger partial charge >= 0.3 is 0 Å². The SMILES string of the molecule is O=CC1C=COCO1. The van der Waals surface area contributed by atoms with Gasteiger partial charge in [0, 0.05) is 0 Å². The largest absolute Gasteiger partial charge is 0.475 e. The topological polar surface area (TPSA) is 35.5 Å². The smallest absolute Gasteiger partial charge is 0.189 e. The van der Waals surface area contributed by atoms with Crippen LogP contribution in [0.3, 0.4) is 0 Å². The van der Waals surface area contributed by atoms with Crippen molar-refractivity contribution in [3.8, 4) is 0 Å². The monoisotopic (exact) mass is 114 g/mol. The van der Waals surface area contributed by atoms with Gasteiger partial charge in [0.1, 0.15) is 6.10 Å². The lowest BCUT2D eigenvalue weighted by Crippen LogP contribution is -2.16. The van der Waals surface area contributed by atoms with Crippen LogP contribution >= 0.6 is 0 Å². The zero-order valence-corrected chi connectivity index (χ0v) is 4.24. The molecule has 0 spiro atoms. The van der Waals surface area contributed by atoms with E-state index in [-0.39, 0.29) is 6.79 Å². The summed E-state index contributed by atoms with van der Waals surface area (Å²) in [6.07, 6.45) is 3.33. The molecule has 3 heteroatoms. The number of ether oxygens (including phenoxy) is 2. The van der Waals surface area contributed by atoms with Gasteiger partial charge < -0.3 is 14.3 Å². The Morgan fingerprint density at radius 3 is 3.00 bits per heavy atom. The molecular formula is C5H6O3. The van der Waals surface area contributed by atoms with Crippen LogP contribution in [0.5, 0.6) is 0 Å². The van der Waals surface area contributed by atoms with Gasteiger partial charge in [-0.15, -0.1) is 0 Å². The van der Waals surface area contributed by atoms with Gasteiger partial charge in [0.15, 0.2) is 13.1 Å². The first-order valence-electron chi connectivity index (χ1n) is 2.28. The first-order chi connectivity index (χ1) is 3.93. The van der Waals surface area contributed by atoms with Gasteiger partial charge in [0.25, 0.3) is 0 Å². The van der Waals surface area contributed by atoms with Crippen LogP contribution in [-0.4, -0.2) is 19.2 Å². The van der Waals surface area contributed by atoms with Gasteiger partial charge in [-0.3, -0.25) is 0 Å². The Hall–Kier alpha value is -0.830. The Morgan fingerprint density at radius 2 is 2.62 bits per heavy atom. The molecule has 0 saturated heterocycles. The van der Waals surface area contributed by atoms with Crippen LogP contribution in [0.2, 0.25) is 0 Å². The summed E-state index contributed by atoms with van der Waals surface area (Å²) in [7, 11) is 0. The van der Waals surface area contributed by atoms with Crippen LogP contribution in [0.15, 0.2) is 12.3 Å². The minimum absolute atomic E-state index is 0.180. The second kappa shape index (κ2) is 2.47. The predicted octanol–water partition coefficient (Wildman–Crippen LogP) is 0.0719. The summed E-state index contributed by atoms with van der Waals surface area (Å²) in [5.41, 5.74) is 0. The van der Waals surface area contributed by atoms with Crippen molar-refractivity contribution >= 4 is 6.29 Å². The molecule has 0 aliphatic carbocycles. The van der Waals surface area contributed by atoms with Crippen LogP contribution in [0.4, 0.5) is 0 Å². The maximum atomic E-state index is 9.93. The Labute approximate surface area is 46.9 Å². The summed E-state index contributed by atoms with van der Waals surface area (Å²) in [5, 5.41) is 0. The highest BCUT2D eigenvalue weighted by Crippen LogP contribution is 1.97. The van der Waals surface area contributed by atoms with E-state index in [4.69, 9.17) is 4.74 Å². The third-order valence-corrected chi connectivity index (χ3v) is 0.827. The fraction of sp³-hybridized carbons (Fsp3) is 0.400. The Morgan fingerprint density at radius 1 is 1.75 bits per heavy atom. The van der Waals surface area contributed by atoms with Gasteiger partial charge in [-0.25, -0.2) is 0 Å². The first-order valence-corrected chi connectivity index (χ1v) is 2.28. The minimum atomic E-state index is -0.399. The quantitative estimate of drug-likeness (QED) is 0.452. The van der Waals surface area contributed by atoms with E-state index in [1.807, 2.05) is 0 Å². The highest BCUT2D eigenvalue weighted by atomic mass is 16.7. The maximum absolute atomic E-state index is 9.93. The Bertz CT molecular complexity index is 108. The molecule has 0 bridgehead atoms. The van der Waals surface area contributed by atoms with E-state index < -0.39 is 6.10 Å². The predicted molar refractivity (Wildman–Crippen MR) is 26.0 cm³/mol. The molecule has 0 aromatic rings. The number of rotatable bonds is 1. The van der Waals surface area contributed by atoms with Crippen molar-refractivity contribution in [2.75, 3.05) is 6.79 Å². The summed E-state index contributed by atoms with van der Waals surface area (Å²) in [5.74, 6) is 0. The van der Waals surface area contributed by atoms with E-state index >= 15 is 0 Å². The average Bonchev–Trinajstić information content (AvgIpc) is 1.90. The second-order valence-corrected chi connectivity index (χ2v) is 1.38. The van der Waals surface area contributed by atoms with E-state index in [1.54, 1.807) is 6.08 Å². The fourth-order valence-electron chi connectivity index (χ4n) is 0.430. The van der Waals surface area contributed by atoms with Crippen molar-refractivity contribution < 1.29 is 14.3 Å². The standard InChI is InChI=1S/C5H6O3/c6-3-5-1-2-7-4-8-5/h1-3,5H,4H2. The van der Waals surface area contributed by atoms with Gasteiger partial charge in [-0.2, -0.15) is 0 Å². The maximum Gasteiger partial charge on any atom is 0.189 e. The first kappa shape index (κ1) is 5.31. The molecule has 0 saturated carbocycles. The van der Waals surface area contributed by atoms with Crippen molar-refractivity contribution in [3.05, 3.63) is 12.3 Å². The summed E-state index contributed by atoms with van der Waals surface area (Å²) < 4.78 is 9.39. The van der Waals surface area contributed by atoms with Crippen molar-refractivity contribution in [2.24, 2.45) is 0 Å². The van der Waals surface area contributed by atoms with E-state index in [1.165, 1.54) is 6.26 Å². The number of hydrogen-bond acceptors (Lipinski definition) is 3. The van der Waals surface area contributed by atoms with Crippen LogP contribution < -0.4 is 0 Å². The van der Waals surface area contributed by atoms with Gasteiger partial charge in [-0.05, 0) is 6.08 Å². The highest BCUT2D eigenvalue weighted by Gasteiger charge is 2.04. The van der Waals surface area contributed by atoms with Gasteiger partial charge in [0.05, 0.1) is 6.26 Å². The number of carbonyl (C=O) groups is 1. The molecule has 1 rings (SSSR count). The molecule has 1 aliphatic rings. The van der Waals surface area contributed by atoms with E-state index in [0.29, 0.717) is 0 Å². The van der Waals surface area contributed by atoms with Crippen LogP contribution in [0.1, 0.15) is 0 Å². The molecule has 0 radical (unpaired) electrons. The Balaban J connectivity index is 2.42. The van der Waals surface area contributed by atoms with Gasteiger partial charge in [0.2, 0.25) is 0 Å². The zero-order valence-electron chi connectivity index (χ0n) is 4.24. The lowest BCUT2D eigenvalue weighted by atomic mass is 10.4. The van der Waals surface area contributed by atoms with Crippen LogP contribution in [-0.2, 0) is 14.3 Å². The summed E-state index contributed by atoms with van der Waals surface area (Å²) >= 11 is 0. The molecule has 1 unspecified atom stereocenters.